The van der Waals surface area contributed by atoms with Gasteiger partial charge >= 0.3 is 0 Å². The summed E-state index contributed by atoms with van der Waals surface area (Å²) < 4.78 is 5.52. The molecule has 0 aromatic heterocycles. The van der Waals surface area contributed by atoms with Crippen LogP contribution in [0.15, 0.2) is 48.5 Å². The Morgan fingerprint density at radius 2 is 1.74 bits per heavy atom. The number of rotatable bonds is 8. The Labute approximate surface area is 161 Å². The number of benzene rings is 2. The molecule has 2 aromatic carbocycles. The van der Waals surface area contributed by atoms with E-state index in [2.05, 4.69) is 19.2 Å². The van der Waals surface area contributed by atoms with E-state index in [1.54, 1.807) is 11.0 Å². The SMILES string of the molecule is CCOc1ccccc1NC(=O)CCN(C(C)=O)c1ccc(C(C)C)cc1. The van der Waals surface area contributed by atoms with E-state index in [0.29, 0.717) is 30.5 Å². The van der Waals surface area contributed by atoms with Crippen molar-refractivity contribution < 1.29 is 14.3 Å². The lowest BCUT2D eigenvalue weighted by Gasteiger charge is -2.22. The first kappa shape index (κ1) is 20.5. The molecular weight excluding hydrogens is 340 g/mol. The van der Waals surface area contributed by atoms with E-state index in [9.17, 15) is 9.59 Å². The minimum absolute atomic E-state index is 0.0881. The summed E-state index contributed by atoms with van der Waals surface area (Å²) in [6.07, 6.45) is 0.200. The average Bonchev–Trinajstić information content (AvgIpc) is 2.64. The molecule has 0 atom stereocenters. The van der Waals surface area contributed by atoms with Gasteiger partial charge in [0.05, 0.1) is 12.3 Å². The molecule has 0 fully saturated rings. The van der Waals surface area contributed by atoms with Crippen LogP contribution in [-0.4, -0.2) is 25.0 Å². The molecule has 0 heterocycles. The minimum atomic E-state index is -0.160. The third-order valence-electron chi connectivity index (χ3n) is 4.28. The normalized spacial score (nSPS) is 10.6. The van der Waals surface area contributed by atoms with Gasteiger partial charge in [-0.1, -0.05) is 38.1 Å². The van der Waals surface area contributed by atoms with E-state index >= 15 is 0 Å². The summed E-state index contributed by atoms with van der Waals surface area (Å²) in [4.78, 5) is 26.0. The van der Waals surface area contributed by atoms with Crippen LogP contribution >= 0.6 is 0 Å². The first-order valence-electron chi connectivity index (χ1n) is 9.32. The summed E-state index contributed by atoms with van der Waals surface area (Å²) in [6, 6.07) is 15.2. The average molecular weight is 368 g/mol. The first-order chi connectivity index (χ1) is 12.9. The largest absolute Gasteiger partial charge is 0.492 e. The molecule has 27 heavy (non-hydrogen) atoms. The molecule has 2 rings (SSSR count). The number of para-hydroxylation sites is 2. The van der Waals surface area contributed by atoms with Gasteiger partial charge in [-0.25, -0.2) is 0 Å². The van der Waals surface area contributed by atoms with Crippen LogP contribution in [0, 0.1) is 0 Å². The molecule has 0 bridgehead atoms. The van der Waals surface area contributed by atoms with Gasteiger partial charge in [-0.2, -0.15) is 0 Å². The number of ether oxygens (including phenoxy) is 1. The molecule has 2 aromatic rings. The number of carbonyl (C=O) groups is 2. The van der Waals surface area contributed by atoms with Crippen molar-refractivity contribution in [1.29, 1.82) is 0 Å². The van der Waals surface area contributed by atoms with Gasteiger partial charge in [0.15, 0.2) is 0 Å². The van der Waals surface area contributed by atoms with Crippen LogP contribution in [-0.2, 0) is 9.59 Å². The summed E-state index contributed by atoms with van der Waals surface area (Å²) >= 11 is 0. The second-order valence-electron chi connectivity index (χ2n) is 6.64. The zero-order chi connectivity index (χ0) is 19.8. The monoisotopic (exact) mass is 368 g/mol. The molecular formula is C22H28N2O3. The minimum Gasteiger partial charge on any atom is -0.492 e. The van der Waals surface area contributed by atoms with Crippen LogP contribution in [0.5, 0.6) is 5.75 Å². The van der Waals surface area contributed by atoms with Gasteiger partial charge in [-0.15, -0.1) is 0 Å². The number of carbonyl (C=O) groups excluding carboxylic acids is 2. The quantitative estimate of drug-likeness (QED) is 0.741. The van der Waals surface area contributed by atoms with Crippen molar-refractivity contribution in [3.63, 3.8) is 0 Å². The molecule has 0 radical (unpaired) electrons. The van der Waals surface area contributed by atoms with E-state index < -0.39 is 0 Å². The molecule has 1 N–H and O–H groups in total. The van der Waals surface area contributed by atoms with Crippen LogP contribution in [0.25, 0.3) is 0 Å². The van der Waals surface area contributed by atoms with Crippen LogP contribution in [0.1, 0.15) is 45.6 Å². The summed E-state index contributed by atoms with van der Waals surface area (Å²) in [5.74, 6) is 0.823. The van der Waals surface area contributed by atoms with E-state index in [4.69, 9.17) is 4.74 Å². The maximum atomic E-state index is 12.4. The molecule has 5 nitrogen and oxygen atoms in total. The zero-order valence-corrected chi connectivity index (χ0v) is 16.5. The predicted molar refractivity (Wildman–Crippen MR) is 109 cm³/mol. The highest BCUT2D eigenvalue weighted by Crippen LogP contribution is 2.24. The molecule has 2 amide bonds. The second-order valence-corrected chi connectivity index (χ2v) is 6.64. The third-order valence-corrected chi connectivity index (χ3v) is 4.28. The molecule has 144 valence electrons. The Bertz CT molecular complexity index is 769. The van der Waals surface area contributed by atoms with Crippen LogP contribution in [0.4, 0.5) is 11.4 Å². The highest BCUT2D eigenvalue weighted by molar-refractivity contribution is 5.95. The van der Waals surface area contributed by atoms with Gasteiger partial charge in [-0.3, -0.25) is 9.59 Å². The first-order valence-corrected chi connectivity index (χ1v) is 9.32. The Kier molecular flexibility index (Phi) is 7.41. The second kappa shape index (κ2) is 9.76. The smallest absolute Gasteiger partial charge is 0.226 e. The molecule has 0 aliphatic carbocycles. The van der Waals surface area contributed by atoms with Crippen molar-refractivity contribution in [3.05, 3.63) is 54.1 Å². The number of anilines is 2. The fraction of sp³-hybridized carbons (Fsp3) is 0.364. The molecule has 0 saturated heterocycles. The fourth-order valence-corrected chi connectivity index (χ4v) is 2.78. The van der Waals surface area contributed by atoms with Gasteiger partial charge in [0.2, 0.25) is 11.8 Å². The predicted octanol–water partition coefficient (Wildman–Crippen LogP) is 4.59. The highest BCUT2D eigenvalue weighted by atomic mass is 16.5. The van der Waals surface area contributed by atoms with Gasteiger partial charge in [-0.05, 0) is 42.7 Å². The molecule has 5 heteroatoms. The number of hydrogen-bond acceptors (Lipinski definition) is 3. The number of amides is 2. The summed E-state index contributed by atoms with van der Waals surface area (Å²) in [5.41, 5.74) is 2.65. The summed E-state index contributed by atoms with van der Waals surface area (Å²) in [7, 11) is 0. The Balaban J connectivity index is 2.01. The van der Waals surface area contributed by atoms with E-state index in [1.165, 1.54) is 12.5 Å². The number of nitrogens with one attached hydrogen (secondary N) is 1. The van der Waals surface area contributed by atoms with Crippen molar-refractivity contribution in [3.8, 4) is 5.75 Å². The van der Waals surface area contributed by atoms with E-state index in [-0.39, 0.29) is 18.2 Å². The van der Waals surface area contributed by atoms with Gasteiger partial charge in [0.1, 0.15) is 5.75 Å². The van der Waals surface area contributed by atoms with Gasteiger partial charge in [0.25, 0.3) is 0 Å². The van der Waals surface area contributed by atoms with E-state index in [0.717, 1.165) is 5.69 Å². The van der Waals surface area contributed by atoms with Gasteiger partial charge < -0.3 is 15.0 Å². The molecule has 0 unspecified atom stereocenters. The topological polar surface area (TPSA) is 58.6 Å². The Morgan fingerprint density at radius 3 is 2.33 bits per heavy atom. The zero-order valence-electron chi connectivity index (χ0n) is 16.5. The fourth-order valence-electron chi connectivity index (χ4n) is 2.78. The van der Waals surface area contributed by atoms with Crippen molar-refractivity contribution in [2.75, 3.05) is 23.4 Å². The Hall–Kier alpha value is -2.82. The Morgan fingerprint density at radius 1 is 1.07 bits per heavy atom. The summed E-state index contributed by atoms with van der Waals surface area (Å²) in [6.45, 7) is 8.51. The molecule has 0 aliphatic heterocycles. The molecule has 0 spiro atoms. The molecule has 0 aliphatic rings. The lowest BCUT2D eigenvalue weighted by atomic mass is 10.0. The van der Waals surface area contributed by atoms with Crippen molar-refractivity contribution in [2.45, 2.75) is 40.0 Å². The number of hydrogen-bond donors (Lipinski definition) is 1. The van der Waals surface area contributed by atoms with E-state index in [1.807, 2.05) is 49.4 Å². The summed E-state index contributed by atoms with van der Waals surface area (Å²) in [5, 5.41) is 2.86. The van der Waals surface area contributed by atoms with Crippen LogP contribution in [0.3, 0.4) is 0 Å². The maximum Gasteiger partial charge on any atom is 0.226 e. The van der Waals surface area contributed by atoms with Crippen molar-refractivity contribution in [2.24, 2.45) is 0 Å². The lowest BCUT2D eigenvalue weighted by molar-refractivity contribution is -0.117. The van der Waals surface area contributed by atoms with Crippen molar-refractivity contribution in [1.82, 2.24) is 0 Å². The van der Waals surface area contributed by atoms with Gasteiger partial charge in [0, 0.05) is 25.6 Å². The highest BCUT2D eigenvalue weighted by Gasteiger charge is 2.15. The third kappa shape index (κ3) is 5.84. The van der Waals surface area contributed by atoms with Crippen molar-refractivity contribution >= 4 is 23.2 Å². The van der Waals surface area contributed by atoms with Crippen LogP contribution < -0.4 is 15.0 Å². The van der Waals surface area contributed by atoms with Crippen LogP contribution in [0.2, 0.25) is 0 Å². The molecule has 0 saturated carbocycles. The maximum absolute atomic E-state index is 12.4. The number of nitrogens with zero attached hydrogens (tertiary/aromatic N) is 1. The standard InChI is InChI=1S/C22H28N2O3/c1-5-27-21-9-7-6-8-20(21)23-22(26)14-15-24(17(4)25)19-12-10-18(11-13-19)16(2)3/h6-13,16H,5,14-15H2,1-4H3,(H,23,26). The lowest BCUT2D eigenvalue weighted by Crippen LogP contribution is -2.32.